The van der Waals surface area contributed by atoms with Gasteiger partial charge in [0.05, 0.1) is 11.9 Å². The Morgan fingerprint density at radius 1 is 1.59 bits per heavy atom. The molecule has 1 N–H and O–H groups in total. The number of piperidine rings is 1. The molecule has 1 aliphatic heterocycles. The second-order valence-corrected chi connectivity index (χ2v) is 4.53. The number of nitrogens with one attached hydrogen (secondary N) is 1. The van der Waals surface area contributed by atoms with E-state index in [1.54, 1.807) is 12.3 Å². The van der Waals surface area contributed by atoms with Gasteiger partial charge in [0.2, 0.25) is 0 Å². The van der Waals surface area contributed by atoms with Crippen molar-refractivity contribution < 1.29 is 0 Å². The van der Waals surface area contributed by atoms with Gasteiger partial charge in [-0.25, -0.2) is 4.98 Å². The Morgan fingerprint density at radius 3 is 3.12 bits per heavy atom. The minimum atomic E-state index is 0.484. The van der Waals surface area contributed by atoms with E-state index in [0.717, 1.165) is 25.3 Å². The van der Waals surface area contributed by atoms with Crippen LogP contribution in [-0.2, 0) is 0 Å². The highest BCUT2D eigenvalue weighted by Crippen LogP contribution is 2.22. The summed E-state index contributed by atoms with van der Waals surface area (Å²) in [6.45, 7) is 3.24. The van der Waals surface area contributed by atoms with Crippen LogP contribution < -0.4 is 10.2 Å². The molecule has 1 saturated heterocycles. The quantitative estimate of drug-likeness (QED) is 0.852. The summed E-state index contributed by atoms with van der Waals surface area (Å²) in [5.74, 6) is 0.712. The lowest BCUT2D eigenvalue weighted by Crippen LogP contribution is -2.39. The fourth-order valence-corrected chi connectivity index (χ4v) is 2.39. The maximum Gasteiger partial charge on any atom is 0.140 e. The second kappa shape index (κ2) is 5.65. The number of rotatable bonds is 3. The van der Waals surface area contributed by atoms with Gasteiger partial charge >= 0.3 is 0 Å². The molecule has 0 radical (unpaired) electrons. The standard InChI is InChI=1S/C13H18N4/c1-15-8-11-3-2-6-17(10-11)13-5-4-12(7-14)16-9-13/h4-5,9,11,15H,2-3,6,8,10H2,1H3. The first-order valence-corrected chi connectivity index (χ1v) is 6.09. The van der Waals surface area contributed by atoms with Crippen LogP contribution in [-0.4, -0.2) is 31.7 Å². The van der Waals surface area contributed by atoms with Crippen molar-refractivity contribution in [2.75, 3.05) is 31.6 Å². The van der Waals surface area contributed by atoms with E-state index in [2.05, 4.69) is 15.2 Å². The summed E-state index contributed by atoms with van der Waals surface area (Å²) in [7, 11) is 2.00. The van der Waals surface area contributed by atoms with E-state index < -0.39 is 0 Å². The van der Waals surface area contributed by atoms with E-state index >= 15 is 0 Å². The number of nitriles is 1. The maximum absolute atomic E-state index is 8.72. The predicted molar refractivity (Wildman–Crippen MR) is 67.8 cm³/mol. The van der Waals surface area contributed by atoms with Gasteiger partial charge in [-0.15, -0.1) is 0 Å². The van der Waals surface area contributed by atoms with Crippen LogP contribution in [0.25, 0.3) is 0 Å². The Balaban J connectivity index is 2.03. The predicted octanol–water partition coefficient (Wildman–Crippen LogP) is 1.39. The third-order valence-corrected chi connectivity index (χ3v) is 3.24. The molecule has 1 aromatic rings. The molecule has 90 valence electrons. The monoisotopic (exact) mass is 230 g/mol. The van der Waals surface area contributed by atoms with Crippen LogP contribution >= 0.6 is 0 Å². The van der Waals surface area contributed by atoms with Gasteiger partial charge in [-0.3, -0.25) is 0 Å². The maximum atomic E-state index is 8.72. The van der Waals surface area contributed by atoms with E-state index in [0.29, 0.717) is 11.6 Å². The summed E-state index contributed by atoms with van der Waals surface area (Å²) in [5, 5.41) is 12.0. The zero-order chi connectivity index (χ0) is 12.1. The van der Waals surface area contributed by atoms with Crippen molar-refractivity contribution in [1.29, 1.82) is 5.26 Å². The number of pyridine rings is 1. The summed E-state index contributed by atoms with van der Waals surface area (Å²) in [6.07, 6.45) is 4.33. The van der Waals surface area contributed by atoms with E-state index in [4.69, 9.17) is 5.26 Å². The molecule has 4 nitrogen and oxygen atoms in total. The molecule has 0 aromatic carbocycles. The third-order valence-electron chi connectivity index (χ3n) is 3.24. The molecule has 2 heterocycles. The smallest absolute Gasteiger partial charge is 0.140 e. The van der Waals surface area contributed by atoms with Crippen molar-refractivity contribution in [3.63, 3.8) is 0 Å². The minimum absolute atomic E-state index is 0.484. The normalized spacial score (nSPS) is 20.0. The first-order valence-electron chi connectivity index (χ1n) is 6.09. The van der Waals surface area contributed by atoms with Crippen LogP contribution in [0.1, 0.15) is 18.5 Å². The molecule has 1 unspecified atom stereocenters. The summed E-state index contributed by atoms with van der Waals surface area (Å²) in [6, 6.07) is 5.83. The number of anilines is 1. The van der Waals surface area contributed by atoms with Crippen LogP contribution in [0, 0.1) is 17.2 Å². The van der Waals surface area contributed by atoms with Gasteiger partial charge in [0, 0.05) is 13.1 Å². The second-order valence-electron chi connectivity index (χ2n) is 4.53. The van der Waals surface area contributed by atoms with Gasteiger partial charge in [-0.2, -0.15) is 5.26 Å². The molecule has 4 heteroatoms. The van der Waals surface area contributed by atoms with Crippen molar-refractivity contribution in [3.8, 4) is 6.07 Å². The van der Waals surface area contributed by atoms with Gasteiger partial charge in [0.1, 0.15) is 11.8 Å². The number of nitrogens with zero attached hydrogens (tertiary/aromatic N) is 3. The topological polar surface area (TPSA) is 52.0 Å². The van der Waals surface area contributed by atoms with Crippen LogP contribution in [0.4, 0.5) is 5.69 Å². The zero-order valence-corrected chi connectivity index (χ0v) is 10.2. The minimum Gasteiger partial charge on any atom is -0.370 e. The molecule has 1 atom stereocenters. The average molecular weight is 230 g/mol. The van der Waals surface area contributed by atoms with Gasteiger partial charge < -0.3 is 10.2 Å². The molecule has 0 amide bonds. The van der Waals surface area contributed by atoms with Crippen LogP contribution in [0.15, 0.2) is 18.3 Å². The first kappa shape index (κ1) is 11.9. The summed E-state index contributed by atoms with van der Waals surface area (Å²) >= 11 is 0. The van der Waals surface area contributed by atoms with E-state index in [1.165, 1.54) is 12.8 Å². The van der Waals surface area contributed by atoms with Crippen molar-refractivity contribution in [2.45, 2.75) is 12.8 Å². The fourth-order valence-electron chi connectivity index (χ4n) is 2.39. The van der Waals surface area contributed by atoms with E-state index in [9.17, 15) is 0 Å². The average Bonchev–Trinajstić information content (AvgIpc) is 2.40. The van der Waals surface area contributed by atoms with Gasteiger partial charge in [0.15, 0.2) is 0 Å². The molecular formula is C13H18N4. The largest absolute Gasteiger partial charge is 0.370 e. The fraction of sp³-hybridized carbons (Fsp3) is 0.538. The molecule has 17 heavy (non-hydrogen) atoms. The lowest BCUT2D eigenvalue weighted by atomic mass is 9.98. The van der Waals surface area contributed by atoms with E-state index in [-0.39, 0.29) is 0 Å². The number of aromatic nitrogens is 1. The Bertz CT molecular complexity index is 391. The third kappa shape index (κ3) is 2.95. The lowest BCUT2D eigenvalue weighted by Gasteiger charge is -2.34. The highest BCUT2D eigenvalue weighted by molar-refractivity contribution is 5.46. The lowest BCUT2D eigenvalue weighted by molar-refractivity contribution is 0.402. The molecule has 0 spiro atoms. The van der Waals surface area contributed by atoms with Crippen LogP contribution in [0.5, 0.6) is 0 Å². The molecule has 1 fully saturated rings. The van der Waals surface area contributed by atoms with Gasteiger partial charge in [0.25, 0.3) is 0 Å². The Kier molecular flexibility index (Phi) is 3.94. The molecule has 0 aliphatic carbocycles. The number of hydrogen-bond donors (Lipinski definition) is 1. The highest BCUT2D eigenvalue weighted by atomic mass is 15.1. The molecule has 1 aromatic heterocycles. The van der Waals surface area contributed by atoms with Crippen molar-refractivity contribution >= 4 is 5.69 Å². The van der Waals surface area contributed by atoms with Crippen molar-refractivity contribution in [3.05, 3.63) is 24.0 Å². The van der Waals surface area contributed by atoms with Crippen molar-refractivity contribution in [2.24, 2.45) is 5.92 Å². The zero-order valence-electron chi connectivity index (χ0n) is 10.2. The van der Waals surface area contributed by atoms with Crippen LogP contribution in [0.2, 0.25) is 0 Å². The van der Waals surface area contributed by atoms with Crippen LogP contribution in [0.3, 0.4) is 0 Å². The summed E-state index contributed by atoms with van der Waals surface area (Å²) in [4.78, 5) is 6.49. The highest BCUT2D eigenvalue weighted by Gasteiger charge is 2.19. The summed E-state index contributed by atoms with van der Waals surface area (Å²) in [5.41, 5.74) is 1.61. The molecular weight excluding hydrogens is 212 g/mol. The Morgan fingerprint density at radius 2 is 2.47 bits per heavy atom. The first-order chi connectivity index (χ1) is 8.33. The van der Waals surface area contributed by atoms with Crippen molar-refractivity contribution in [1.82, 2.24) is 10.3 Å². The molecule has 1 aliphatic rings. The number of hydrogen-bond acceptors (Lipinski definition) is 4. The SMILES string of the molecule is CNCC1CCCN(c2ccc(C#N)nc2)C1. The molecule has 0 saturated carbocycles. The summed E-state index contributed by atoms with van der Waals surface area (Å²) < 4.78 is 0. The Hall–Kier alpha value is -1.60. The molecule has 2 rings (SSSR count). The van der Waals surface area contributed by atoms with E-state index in [1.807, 2.05) is 19.2 Å². The van der Waals surface area contributed by atoms with Gasteiger partial charge in [-0.05, 0) is 44.5 Å². The Labute approximate surface area is 102 Å². The van der Waals surface area contributed by atoms with Gasteiger partial charge in [-0.1, -0.05) is 0 Å². The molecule has 0 bridgehead atoms.